The second kappa shape index (κ2) is 6.09. The van der Waals surface area contributed by atoms with Crippen LogP contribution >= 0.6 is 0 Å². The summed E-state index contributed by atoms with van der Waals surface area (Å²) in [7, 11) is -0.625. The molecule has 0 fully saturated rings. The molecule has 1 aromatic carbocycles. The van der Waals surface area contributed by atoms with E-state index in [-0.39, 0.29) is 6.10 Å². The Labute approximate surface area is 134 Å². The zero-order valence-corrected chi connectivity index (χ0v) is 13.7. The maximum atomic E-state index is 11.8. The molecule has 1 aliphatic heterocycles. The molecule has 124 valence electrons. The monoisotopic (exact) mass is 338 g/mol. The number of ether oxygens (including phenoxy) is 2. The molecule has 1 atom stereocenters. The fraction of sp³-hybridized carbons (Fsp3) is 0.357. The van der Waals surface area contributed by atoms with Crippen LogP contribution in [-0.2, 0) is 16.8 Å². The van der Waals surface area contributed by atoms with E-state index in [4.69, 9.17) is 9.47 Å². The minimum Gasteiger partial charge on any atom is -0.486 e. The summed E-state index contributed by atoms with van der Waals surface area (Å²) < 4.78 is 40.2. The van der Waals surface area contributed by atoms with Gasteiger partial charge in [-0.3, -0.25) is 9.40 Å². The zero-order valence-electron chi connectivity index (χ0n) is 12.8. The molecule has 0 aliphatic carbocycles. The van der Waals surface area contributed by atoms with Gasteiger partial charge >= 0.3 is 10.2 Å². The Hall–Kier alpha value is -2.26. The fourth-order valence-corrected chi connectivity index (χ4v) is 2.70. The van der Waals surface area contributed by atoms with Crippen LogP contribution in [0.5, 0.6) is 11.5 Å². The molecule has 8 nitrogen and oxygen atoms in total. The molecule has 0 bridgehead atoms. The first-order valence-corrected chi connectivity index (χ1v) is 8.49. The Morgan fingerprint density at radius 1 is 1.35 bits per heavy atom. The molecule has 0 unspecified atom stereocenters. The molecule has 0 amide bonds. The SMILES string of the molecule is CN(C)S(=O)(=O)Nc1cnn(C[C@H]2COc3ccccc3O2)c1. The van der Waals surface area contributed by atoms with Gasteiger partial charge in [-0.25, -0.2) is 0 Å². The number of benzene rings is 1. The molecule has 0 radical (unpaired) electrons. The summed E-state index contributed by atoms with van der Waals surface area (Å²) in [6, 6.07) is 7.47. The van der Waals surface area contributed by atoms with Gasteiger partial charge in [0.05, 0.1) is 18.4 Å². The van der Waals surface area contributed by atoms with Gasteiger partial charge in [0.15, 0.2) is 17.6 Å². The van der Waals surface area contributed by atoms with Crippen LogP contribution < -0.4 is 14.2 Å². The summed E-state index contributed by atoms with van der Waals surface area (Å²) in [5.74, 6) is 1.42. The van der Waals surface area contributed by atoms with Gasteiger partial charge in [0.1, 0.15) is 6.61 Å². The van der Waals surface area contributed by atoms with Crippen LogP contribution in [0.15, 0.2) is 36.7 Å². The van der Waals surface area contributed by atoms with Crippen molar-refractivity contribution >= 4 is 15.9 Å². The molecule has 1 N–H and O–H groups in total. The van der Waals surface area contributed by atoms with E-state index in [9.17, 15) is 8.42 Å². The Balaban J connectivity index is 1.64. The number of anilines is 1. The molecule has 0 saturated heterocycles. The fourth-order valence-electron chi connectivity index (χ4n) is 2.12. The summed E-state index contributed by atoms with van der Waals surface area (Å²) in [6.07, 6.45) is 2.88. The summed E-state index contributed by atoms with van der Waals surface area (Å²) in [6.45, 7) is 0.869. The Morgan fingerprint density at radius 2 is 2.09 bits per heavy atom. The highest BCUT2D eigenvalue weighted by atomic mass is 32.2. The van der Waals surface area contributed by atoms with E-state index in [2.05, 4.69) is 9.82 Å². The van der Waals surface area contributed by atoms with Crippen LogP contribution in [0.3, 0.4) is 0 Å². The quantitative estimate of drug-likeness (QED) is 0.877. The molecule has 23 heavy (non-hydrogen) atoms. The first-order chi connectivity index (χ1) is 10.9. The van der Waals surface area contributed by atoms with E-state index in [0.717, 1.165) is 10.1 Å². The van der Waals surface area contributed by atoms with Gasteiger partial charge in [-0.1, -0.05) is 12.1 Å². The predicted octanol–water partition coefficient (Wildman–Crippen LogP) is 0.941. The maximum Gasteiger partial charge on any atom is 0.301 e. The van der Waals surface area contributed by atoms with Crippen molar-refractivity contribution in [2.45, 2.75) is 12.6 Å². The zero-order chi connectivity index (χ0) is 16.4. The third kappa shape index (κ3) is 3.57. The third-order valence-electron chi connectivity index (χ3n) is 3.32. The lowest BCUT2D eigenvalue weighted by Crippen LogP contribution is -2.33. The van der Waals surface area contributed by atoms with Gasteiger partial charge in [0.2, 0.25) is 0 Å². The molecule has 0 saturated carbocycles. The van der Waals surface area contributed by atoms with Crippen LogP contribution in [0.4, 0.5) is 5.69 Å². The van der Waals surface area contributed by atoms with Gasteiger partial charge in [-0.05, 0) is 12.1 Å². The molecule has 2 heterocycles. The van der Waals surface area contributed by atoms with Gasteiger partial charge in [-0.2, -0.15) is 17.8 Å². The van der Waals surface area contributed by atoms with Crippen molar-refractivity contribution in [2.75, 3.05) is 25.4 Å². The average Bonchev–Trinajstić information content (AvgIpc) is 2.93. The predicted molar refractivity (Wildman–Crippen MR) is 84.8 cm³/mol. The summed E-state index contributed by atoms with van der Waals surface area (Å²) in [5.41, 5.74) is 0.399. The first-order valence-electron chi connectivity index (χ1n) is 7.05. The van der Waals surface area contributed by atoms with Crippen molar-refractivity contribution in [1.29, 1.82) is 0 Å². The maximum absolute atomic E-state index is 11.8. The number of rotatable bonds is 5. The summed E-state index contributed by atoms with van der Waals surface area (Å²) in [4.78, 5) is 0. The second-order valence-electron chi connectivity index (χ2n) is 5.34. The van der Waals surface area contributed by atoms with Crippen LogP contribution in [0.2, 0.25) is 0 Å². The largest absolute Gasteiger partial charge is 0.486 e. The minimum atomic E-state index is -3.54. The Kier molecular flexibility index (Phi) is 4.14. The summed E-state index contributed by atoms with van der Waals surface area (Å²) >= 11 is 0. The van der Waals surface area contributed by atoms with Crippen molar-refractivity contribution in [3.8, 4) is 11.5 Å². The highest BCUT2D eigenvalue weighted by Gasteiger charge is 2.21. The number of hydrogen-bond donors (Lipinski definition) is 1. The van der Waals surface area contributed by atoms with Crippen LogP contribution in [0, 0.1) is 0 Å². The minimum absolute atomic E-state index is 0.192. The van der Waals surface area contributed by atoms with E-state index in [1.54, 1.807) is 10.9 Å². The Morgan fingerprint density at radius 3 is 2.83 bits per heavy atom. The molecule has 3 rings (SSSR count). The van der Waals surface area contributed by atoms with Gasteiger partial charge < -0.3 is 9.47 Å². The molecular weight excluding hydrogens is 320 g/mol. The van der Waals surface area contributed by atoms with E-state index in [1.807, 2.05) is 24.3 Å². The lowest BCUT2D eigenvalue weighted by atomic mass is 10.2. The Bertz CT molecular complexity index is 788. The van der Waals surface area contributed by atoms with Gasteiger partial charge in [0, 0.05) is 20.3 Å². The van der Waals surface area contributed by atoms with Gasteiger partial charge in [0.25, 0.3) is 0 Å². The smallest absolute Gasteiger partial charge is 0.301 e. The highest BCUT2D eigenvalue weighted by Crippen LogP contribution is 2.31. The highest BCUT2D eigenvalue weighted by molar-refractivity contribution is 7.90. The third-order valence-corrected chi connectivity index (χ3v) is 4.77. The normalized spacial score (nSPS) is 17.3. The van der Waals surface area contributed by atoms with Crippen molar-refractivity contribution in [2.24, 2.45) is 0 Å². The first kappa shape index (κ1) is 15.6. The van der Waals surface area contributed by atoms with E-state index >= 15 is 0 Å². The lowest BCUT2D eigenvalue weighted by Gasteiger charge is -2.26. The van der Waals surface area contributed by atoms with E-state index < -0.39 is 10.2 Å². The van der Waals surface area contributed by atoms with E-state index in [1.165, 1.54) is 20.3 Å². The standard InChI is InChI=1S/C14H18N4O4S/c1-17(2)23(19,20)16-11-7-15-18(8-11)9-12-10-21-13-5-3-4-6-14(13)22-12/h3-8,12,16H,9-10H2,1-2H3/t12-/m0/s1. The number of nitrogens with one attached hydrogen (secondary N) is 1. The molecule has 1 aliphatic rings. The number of hydrogen-bond acceptors (Lipinski definition) is 5. The number of aromatic nitrogens is 2. The molecule has 0 spiro atoms. The van der Waals surface area contributed by atoms with Crippen molar-refractivity contribution < 1.29 is 17.9 Å². The van der Waals surface area contributed by atoms with E-state index in [0.29, 0.717) is 24.6 Å². The van der Waals surface area contributed by atoms with Crippen molar-refractivity contribution in [1.82, 2.24) is 14.1 Å². The van der Waals surface area contributed by atoms with Crippen molar-refractivity contribution in [3.05, 3.63) is 36.7 Å². The van der Waals surface area contributed by atoms with Crippen molar-refractivity contribution in [3.63, 3.8) is 0 Å². The molecule has 9 heteroatoms. The van der Waals surface area contributed by atoms with Crippen LogP contribution in [0.25, 0.3) is 0 Å². The lowest BCUT2D eigenvalue weighted by molar-refractivity contribution is 0.0759. The molecule has 2 aromatic rings. The number of fused-ring (bicyclic) bond motifs is 1. The number of para-hydroxylation sites is 2. The summed E-state index contributed by atoms with van der Waals surface area (Å²) in [5, 5.41) is 4.15. The molecular formula is C14H18N4O4S. The van der Waals surface area contributed by atoms with Crippen LogP contribution in [0.1, 0.15) is 0 Å². The molecule has 1 aromatic heterocycles. The van der Waals surface area contributed by atoms with Crippen LogP contribution in [-0.4, -0.2) is 49.3 Å². The topological polar surface area (TPSA) is 85.7 Å². The second-order valence-corrected chi connectivity index (χ2v) is 7.22. The number of nitrogens with zero attached hydrogens (tertiary/aromatic N) is 3. The average molecular weight is 338 g/mol. The van der Waals surface area contributed by atoms with Gasteiger partial charge in [-0.15, -0.1) is 0 Å².